The number of carbonyl (C=O) groups excluding carboxylic acids is 1. The number of nitrogens with one attached hydrogen (secondary N) is 1. The molecule has 1 amide bonds. The van der Waals surface area contributed by atoms with E-state index in [0.717, 1.165) is 38.6 Å². The van der Waals surface area contributed by atoms with E-state index in [9.17, 15) is 4.79 Å². The molecule has 8 heteroatoms. The van der Waals surface area contributed by atoms with Gasteiger partial charge in [0.15, 0.2) is 5.96 Å². The van der Waals surface area contributed by atoms with Crippen LogP contribution in [0.3, 0.4) is 0 Å². The lowest BCUT2D eigenvalue weighted by Crippen LogP contribution is -2.57. The first kappa shape index (κ1) is 23.5. The first-order valence-electron chi connectivity index (χ1n) is 10.6. The van der Waals surface area contributed by atoms with Crippen molar-refractivity contribution < 1.29 is 14.3 Å². The van der Waals surface area contributed by atoms with Crippen molar-refractivity contribution in [1.82, 2.24) is 15.1 Å². The van der Waals surface area contributed by atoms with Crippen LogP contribution in [0, 0.1) is 0 Å². The fraction of sp³-hybridized carbons (Fsp3) is 0.900. The molecule has 1 saturated carbocycles. The minimum atomic E-state index is -0.452. The highest BCUT2D eigenvalue weighted by Gasteiger charge is 2.36. The summed E-state index contributed by atoms with van der Waals surface area (Å²) in [5.41, 5.74) is -0.452. The van der Waals surface area contributed by atoms with Gasteiger partial charge in [-0.3, -0.25) is 4.99 Å². The largest absolute Gasteiger partial charge is 0.444 e. The van der Waals surface area contributed by atoms with Crippen LogP contribution in [0.15, 0.2) is 4.99 Å². The highest BCUT2D eigenvalue weighted by atomic mass is 127. The summed E-state index contributed by atoms with van der Waals surface area (Å²) in [5.74, 6) is 0.974. The van der Waals surface area contributed by atoms with Crippen molar-refractivity contribution in [2.45, 2.75) is 77.0 Å². The molecule has 1 unspecified atom stereocenters. The molecular weight excluding hydrogens is 471 g/mol. The Morgan fingerprint density at radius 1 is 1.21 bits per heavy atom. The van der Waals surface area contributed by atoms with Crippen LogP contribution in [0.2, 0.25) is 0 Å². The van der Waals surface area contributed by atoms with Crippen molar-refractivity contribution in [3.8, 4) is 0 Å². The van der Waals surface area contributed by atoms with Crippen molar-refractivity contribution in [1.29, 1.82) is 0 Å². The van der Waals surface area contributed by atoms with E-state index in [4.69, 9.17) is 9.47 Å². The van der Waals surface area contributed by atoms with Gasteiger partial charge in [-0.05, 0) is 40.0 Å². The lowest BCUT2D eigenvalue weighted by molar-refractivity contribution is 0.0136. The molecule has 1 saturated heterocycles. The van der Waals surface area contributed by atoms with Crippen molar-refractivity contribution in [3.63, 3.8) is 0 Å². The molecule has 7 nitrogen and oxygen atoms in total. The predicted molar refractivity (Wildman–Crippen MR) is 121 cm³/mol. The SMILES string of the molecule is CC(C)(C)OC(=O)N1CCN2C(NCCCOC3CCCCC3)=NCC2C1.I. The van der Waals surface area contributed by atoms with Crippen LogP contribution in [0.4, 0.5) is 4.79 Å². The smallest absolute Gasteiger partial charge is 0.410 e. The van der Waals surface area contributed by atoms with Crippen LogP contribution in [0.25, 0.3) is 0 Å². The lowest BCUT2D eigenvalue weighted by atomic mass is 9.98. The Balaban J connectivity index is 0.00000280. The number of piperazine rings is 1. The predicted octanol–water partition coefficient (Wildman–Crippen LogP) is 3.22. The van der Waals surface area contributed by atoms with Gasteiger partial charge in [0.25, 0.3) is 0 Å². The van der Waals surface area contributed by atoms with Crippen LogP contribution in [0.1, 0.15) is 59.3 Å². The molecular formula is C20H37IN4O3. The molecule has 0 spiro atoms. The molecule has 0 aromatic carbocycles. The topological polar surface area (TPSA) is 66.4 Å². The standard InChI is InChI=1S/C20H36N4O3.HI/c1-20(2,3)27-19(25)23-11-12-24-16(15-23)14-22-18(24)21-10-7-13-26-17-8-5-4-6-9-17;/h16-17H,4-15H2,1-3H3,(H,21,22);1H. The van der Waals surface area contributed by atoms with Crippen molar-refractivity contribution in [2.75, 3.05) is 39.3 Å². The molecule has 3 rings (SSSR count). The van der Waals surface area contributed by atoms with E-state index in [2.05, 4.69) is 15.2 Å². The van der Waals surface area contributed by atoms with Gasteiger partial charge in [0.1, 0.15) is 5.60 Å². The monoisotopic (exact) mass is 508 g/mol. The summed E-state index contributed by atoms with van der Waals surface area (Å²) < 4.78 is 11.5. The second-order valence-electron chi connectivity index (χ2n) is 8.85. The minimum absolute atomic E-state index is 0. The summed E-state index contributed by atoms with van der Waals surface area (Å²) in [5, 5.41) is 3.46. The summed E-state index contributed by atoms with van der Waals surface area (Å²) in [4.78, 5) is 21.0. The molecule has 2 heterocycles. The van der Waals surface area contributed by atoms with Gasteiger partial charge in [-0.2, -0.15) is 0 Å². The van der Waals surface area contributed by atoms with E-state index in [-0.39, 0.29) is 36.1 Å². The molecule has 0 aromatic heterocycles. The second-order valence-corrected chi connectivity index (χ2v) is 8.85. The first-order valence-corrected chi connectivity index (χ1v) is 10.6. The van der Waals surface area contributed by atoms with Crippen LogP contribution < -0.4 is 5.32 Å². The quantitative estimate of drug-likeness (QED) is 0.457. The number of fused-ring (bicyclic) bond motifs is 1. The summed E-state index contributed by atoms with van der Waals surface area (Å²) in [6.07, 6.45) is 7.71. The van der Waals surface area contributed by atoms with Gasteiger partial charge in [0, 0.05) is 32.8 Å². The maximum Gasteiger partial charge on any atom is 0.410 e. The Labute approximate surface area is 186 Å². The normalized spacial score (nSPS) is 23.0. The molecule has 3 aliphatic rings. The molecule has 0 radical (unpaired) electrons. The van der Waals surface area contributed by atoms with E-state index >= 15 is 0 Å². The molecule has 28 heavy (non-hydrogen) atoms. The third kappa shape index (κ3) is 6.93. The van der Waals surface area contributed by atoms with Gasteiger partial charge in [-0.1, -0.05) is 19.3 Å². The number of ether oxygens (including phenoxy) is 2. The number of nitrogens with zero attached hydrogens (tertiary/aromatic N) is 3. The summed E-state index contributed by atoms with van der Waals surface area (Å²) in [6, 6.07) is 0.257. The zero-order chi connectivity index (χ0) is 19.3. The maximum atomic E-state index is 12.3. The molecule has 162 valence electrons. The number of hydrogen-bond acceptors (Lipinski definition) is 6. The highest BCUT2D eigenvalue weighted by molar-refractivity contribution is 14.0. The molecule has 1 aliphatic carbocycles. The minimum Gasteiger partial charge on any atom is -0.444 e. The second kappa shape index (κ2) is 10.8. The van der Waals surface area contributed by atoms with Gasteiger partial charge < -0.3 is 24.6 Å². The molecule has 2 fully saturated rings. The van der Waals surface area contributed by atoms with E-state index in [0.29, 0.717) is 19.2 Å². The number of amides is 1. The molecule has 2 aliphatic heterocycles. The average Bonchev–Trinajstić information content (AvgIpc) is 3.03. The van der Waals surface area contributed by atoms with Crippen molar-refractivity contribution in [3.05, 3.63) is 0 Å². The number of carbonyl (C=O) groups is 1. The molecule has 1 N–H and O–H groups in total. The van der Waals surface area contributed by atoms with Gasteiger partial charge in [-0.25, -0.2) is 4.79 Å². The third-order valence-corrected chi connectivity index (χ3v) is 5.37. The van der Waals surface area contributed by atoms with E-state index < -0.39 is 5.60 Å². The number of aliphatic imine (C=N–C) groups is 1. The maximum absolute atomic E-state index is 12.3. The van der Waals surface area contributed by atoms with Crippen LogP contribution >= 0.6 is 24.0 Å². The van der Waals surface area contributed by atoms with Gasteiger partial charge in [-0.15, -0.1) is 24.0 Å². The van der Waals surface area contributed by atoms with Crippen molar-refractivity contribution >= 4 is 36.0 Å². The highest BCUT2D eigenvalue weighted by Crippen LogP contribution is 2.20. The number of hydrogen-bond donors (Lipinski definition) is 1. The number of halogens is 1. The van der Waals surface area contributed by atoms with Crippen LogP contribution in [0.5, 0.6) is 0 Å². The average molecular weight is 508 g/mol. The molecule has 0 aromatic rings. The summed E-state index contributed by atoms with van der Waals surface area (Å²) >= 11 is 0. The Morgan fingerprint density at radius 2 is 1.96 bits per heavy atom. The van der Waals surface area contributed by atoms with E-state index in [1.54, 1.807) is 0 Å². The first-order chi connectivity index (χ1) is 12.9. The fourth-order valence-electron chi connectivity index (χ4n) is 3.98. The Kier molecular flexibility index (Phi) is 9.11. The number of rotatable bonds is 5. The fourth-order valence-corrected chi connectivity index (χ4v) is 3.98. The third-order valence-electron chi connectivity index (χ3n) is 5.37. The molecule has 0 bridgehead atoms. The zero-order valence-corrected chi connectivity index (χ0v) is 19.9. The lowest BCUT2D eigenvalue weighted by Gasteiger charge is -2.39. The van der Waals surface area contributed by atoms with Crippen molar-refractivity contribution in [2.24, 2.45) is 4.99 Å². The van der Waals surface area contributed by atoms with Crippen LogP contribution in [-0.2, 0) is 9.47 Å². The Bertz CT molecular complexity index is 532. The zero-order valence-electron chi connectivity index (χ0n) is 17.6. The number of guanidine groups is 1. The van der Waals surface area contributed by atoms with Crippen LogP contribution in [-0.4, -0.2) is 78.9 Å². The summed E-state index contributed by atoms with van der Waals surface area (Å²) in [7, 11) is 0. The van der Waals surface area contributed by atoms with Gasteiger partial charge >= 0.3 is 6.09 Å². The Hall–Kier alpha value is -0.770. The van der Waals surface area contributed by atoms with Gasteiger partial charge in [0.2, 0.25) is 0 Å². The summed E-state index contributed by atoms with van der Waals surface area (Å²) in [6.45, 7) is 10.3. The van der Waals surface area contributed by atoms with E-state index in [1.165, 1.54) is 32.1 Å². The van der Waals surface area contributed by atoms with Gasteiger partial charge in [0.05, 0.1) is 18.7 Å². The Morgan fingerprint density at radius 3 is 2.68 bits per heavy atom. The van der Waals surface area contributed by atoms with E-state index in [1.807, 2.05) is 25.7 Å². The molecule has 1 atom stereocenters.